The van der Waals surface area contributed by atoms with E-state index in [1.165, 1.54) is 61.6 Å². The fraction of sp³-hybridized carbons (Fsp3) is 0.433. The first kappa shape index (κ1) is 22.3. The molecule has 0 bridgehead atoms. The van der Waals surface area contributed by atoms with Crippen molar-refractivity contribution in [3.63, 3.8) is 0 Å². The van der Waals surface area contributed by atoms with Gasteiger partial charge >= 0.3 is 5.97 Å². The summed E-state index contributed by atoms with van der Waals surface area (Å²) in [5, 5.41) is 3.34. The average Bonchev–Trinajstić information content (AvgIpc) is 3.01. The maximum atomic E-state index is 12.5. The molecule has 2 aliphatic carbocycles. The van der Waals surface area contributed by atoms with Gasteiger partial charge in [-0.25, -0.2) is 4.79 Å². The Balaban J connectivity index is 1.56. The van der Waals surface area contributed by atoms with Crippen LogP contribution in [0.1, 0.15) is 56.6 Å². The van der Waals surface area contributed by atoms with Crippen LogP contribution in [0.3, 0.4) is 0 Å². The SMILES string of the molecule is COC(=O)C1=CC=C2C(C3CCCCC3)=C3c4cccc(C5=CNCC=C5)c4OCCN3C2(C)C1. The van der Waals surface area contributed by atoms with Gasteiger partial charge in [0.05, 0.1) is 24.9 Å². The van der Waals surface area contributed by atoms with Crippen LogP contribution in [0.4, 0.5) is 0 Å². The maximum Gasteiger partial charge on any atom is 0.333 e. The molecule has 0 amide bonds. The second-order valence-corrected chi connectivity index (χ2v) is 10.4. The Morgan fingerprint density at radius 1 is 1.17 bits per heavy atom. The topological polar surface area (TPSA) is 50.8 Å². The molecule has 3 aliphatic heterocycles. The zero-order valence-electron chi connectivity index (χ0n) is 20.7. The number of dihydropyridines is 1. The minimum absolute atomic E-state index is 0.230. The third kappa shape index (κ3) is 3.55. The van der Waals surface area contributed by atoms with E-state index < -0.39 is 0 Å². The van der Waals surface area contributed by atoms with E-state index in [0.29, 0.717) is 18.9 Å². The van der Waals surface area contributed by atoms with Gasteiger partial charge in [-0.3, -0.25) is 0 Å². The molecule has 0 saturated heterocycles. The van der Waals surface area contributed by atoms with E-state index in [-0.39, 0.29) is 11.5 Å². The summed E-state index contributed by atoms with van der Waals surface area (Å²) in [6, 6.07) is 6.55. The molecular formula is C30H34N2O3. The van der Waals surface area contributed by atoms with Crippen LogP contribution < -0.4 is 10.1 Å². The normalized spacial score (nSPS) is 25.8. The van der Waals surface area contributed by atoms with Crippen LogP contribution in [0, 0.1) is 5.92 Å². The van der Waals surface area contributed by atoms with Crippen LogP contribution in [-0.4, -0.2) is 43.2 Å². The standard InChI is InChI=1S/C30H34N2O3/c1-30-18-21(29(33)34-2)13-14-25(30)26(20-8-4-3-5-9-20)27-24-12-6-11-23(22-10-7-15-31-19-22)28(24)35-17-16-32(27)30/h6-7,10-14,19-20,31H,3-5,8-9,15-18H2,1-2H3. The lowest BCUT2D eigenvalue weighted by Crippen LogP contribution is -2.45. The molecule has 0 radical (unpaired) electrons. The number of nitrogens with zero attached hydrogens (tertiary/aromatic N) is 1. The highest BCUT2D eigenvalue weighted by molar-refractivity contribution is 5.92. The van der Waals surface area contributed by atoms with E-state index in [9.17, 15) is 4.79 Å². The minimum Gasteiger partial charge on any atom is -0.490 e. The monoisotopic (exact) mass is 470 g/mol. The first-order valence-corrected chi connectivity index (χ1v) is 13.0. The second kappa shape index (κ2) is 8.78. The van der Waals surface area contributed by atoms with Gasteiger partial charge in [0.2, 0.25) is 0 Å². The lowest BCUT2D eigenvalue weighted by molar-refractivity contribution is -0.136. The van der Waals surface area contributed by atoms with Crippen molar-refractivity contribution in [2.45, 2.75) is 51.0 Å². The number of fused-ring (bicyclic) bond motifs is 5. The molecule has 5 aliphatic rings. The van der Waals surface area contributed by atoms with Gasteiger partial charge in [-0.1, -0.05) is 55.7 Å². The van der Waals surface area contributed by atoms with Crippen LogP contribution in [0.5, 0.6) is 5.75 Å². The Morgan fingerprint density at radius 2 is 2.00 bits per heavy atom. The average molecular weight is 471 g/mol. The quantitative estimate of drug-likeness (QED) is 0.602. The molecule has 0 aromatic heterocycles. The molecule has 0 spiro atoms. The van der Waals surface area contributed by atoms with Crippen LogP contribution in [-0.2, 0) is 9.53 Å². The fourth-order valence-electron chi connectivity index (χ4n) is 6.74. The summed E-state index contributed by atoms with van der Waals surface area (Å²) in [7, 11) is 1.47. The Kier molecular flexibility index (Phi) is 5.58. The number of allylic oxidation sites excluding steroid dienone is 4. The maximum absolute atomic E-state index is 12.5. The summed E-state index contributed by atoms with van der Waals surface area (Å²) < 4.78 is 11.6. The number of methoxy groups -OCH3 is 1. The summed E-state index contributed by atoms with van der Waals surface area (Å²) in [5.74, 6) is 1.28. The summed E-state index contributed by atoms with van der Waals surface area (Å²) in [4.78, 5) is 15.1. The smallest absolute Gasteiger partial charge is 0.333 e. The fourth-order valence-corrected chi connectivity index (χ4v) is 6.74. The molecule has 1 fully saturated rings. The van der Waals surface area contributed by atoms with Gasteiger partial charge < -0.3 is 19.7 Å². The van der Waals surface area contributed by atoms with Crippen molar-refractivity contribution in [1.29, 1.82) is 0 Å². The third-order valence-corrected chi connectivity index (χ3v) is 8.37. The number of hydrogen-bond acceptors (Lipinski definition) is 5. The molecular weight excluding hydrogens is 436 g/mol. The zero-order valence-corrected chi connectivity index (χ0v) is 20.7. The first-order valence-electron chi connectivity index (χ1n) is 13.0. The van der Waals surface area contributed by atoms with E-state index in [1.54, 1.807) is 0 Å². The van der Waals surface area contributed by atoms with Crippen LogP contribution in [0.25, 0.3) is 11.3 Å². The van der Waals surface area contributed by atoms with E-state index in [4.69, 9.17) is 9.47 Å². The van der Waals surface area contributed by atoms with Gasteiger partial charge in [0.25, 0.3) is 0 Å². The number of carbonyl (C=O) groups excluding carboxylic acids is 1. The predicted octanol–water partition coefficient (Wildman–Crippen LogP) is 5.37. The summed E-state index contributed by atoms with van der Waals surface area (Å²) in [6.45, 7) is 4.55. The molecule has 6 rings (SSSR count). The predicted molar refractivity (Wildman–Crippen MR) is 138 cm³/mol. The number of esters is 1. The van der Waals surface area contributed by atoms with Crippen molar-refractivity contribution in [2.75, 3.05) is 26.8 Å². The third-order valence-electron chi connectivity index (χ3n) is 8.37. The number of benzene rings is 1. The van der Waals surface area contributed by atoms with E-state index >= 15 is 0 Å². The van der Waals surface area contributed by atoms with Crippen molar-refractivity contribution in [1.82, 2.24) is 10.2 Å². The largest absolute Gasteiger partial charge is 0.490 e. The number of para-hydroxylation sites is 1. The number of rotatable bonds is 3. The van der Waals surface area contributed by atoms with Crippen molar-refractivity contribution in [3.05, 3.63) is 76.5 Å². The van der Waals surface area contributed by atoms with E-state index in [1.807, 2.05) is 6.08 Å². The van der Waals surface area contributed by atoms with Crippen LogP contribution >= 0.6 is 0 Å². The molecule has 3 heterocycles. The Morgan fingerprint density at radius 3 is 2.77 bits per heavy atom. The van der Waals surface area contributed by atoms with Crippen molar-refractivity contribution < 1.29 is 14.3 Å². The summed E-state index contributed by atoms with van der Waals surface area (Å²) in [5.41, 5.74) is 8.08. The molecule has 1 atom stereocenters. The van der Waals surface area contributed by atoms with Crippen molar-refractivity contribution >= 4 is 17.2 Å². The van der Waals surface area contributed by atoms with Crippen molar-refractivity contribution in [3.8, 4) is 5.75 Å². The highest BCUT2D eigenvalue weighted by Crippen LogP contribution is 2.56. The number of ether oxygens (including phenoxy) is 2. The minimum atomic E-state index is -0.285. The molecule has 1 unspecified atom stereocenters. The molecule has 182 valence electrons. The summed E-state index contributed by atoms with van der Waals surface area (Å²) in [6.07, 6.45) is 17.6. The van der Waals surface area contributed by atoms with Crippen LogP contribution in [0.15, 0.2) is 65.4 Å². The van der Waals surface area contributed by atoms with E-state index in [2.05, 4.69) is 59.8 Å². The highest BCUT2D eigenvalue weighted by atomic mass is 16.5. The Hall–Kier alpha value is -3.21. The van der Waals surface area contributed by atoms with Crippen LogP contribution in [0.2, 0.25) is 0 Å². The number of hydrogen-bond donors (Lipinski definition) is 1. The van der Waals surface area contributed by atoms with Crippen molar-refractivity contribution in [2.24, 2.45) is 5.92 Å². The Labute approximate surface area is 207 Å². The Bertz CT molecular complexity index is 1210. The second-order valence-electron chi connectivity index (χ2n) is 10.4. The van der Waals surface area contributed by atoms with Gasteiger partial charge in [-0.05, 0) is 42.9 Å². The summed E-state index contributed by atoms with van der Waals surface area (Å²) >= 11 is 0. The molecule has 1 saturated carbocycles. The molecule has 5 heteroatoms. The van der Waals surface area contributed by atoms with Gasteiger partial charge in [0.1, 0.15) is 12.4 Å². The molecule has 35 heavy (non-hydrogen) atoms. The zero-order chi connectivity index (χ0) is 24.0. The molecule has 5 nitrogen and oxygen atoms in total. The first-order chi connectivity index (χ1) is 17.1. The molecule has 1 aromatic rings. The number of nitrogens with one attached hydrogen (secondary N) is 1. The van der Waals surface area contributed by atoms with Gasteiger partial charge in [-0.15, -0.1) is 0 Å². The van der Waals surface area contributed by atoms with Gasteiger partial charge in [0, 0.05) is 41.4 Å². The van der Waals surface area contributed by atoms with E-state index in [0.717, 1.165) is 35.5 Å². The molecule has 1 aromatic carbocycles. The molecule has 1 N–H and O–H groups in total. The van der Waals surface area contributed by atoms with Gasteiger partial charge in [0.15, 0.2) is 0 Å². The van der Waals surface area contributed by atoms with Gasteiger partial charge in [-0.2, -0.15) is 0 Å². The lowest BCUT2D eigenvalue weighted by Gasteiger charge is -2.41. The number of carbonyl (C=O) groups is 1. The lowest BCUT2D eigenvalue weighted by atomic mass is 9.73. The highest BCUT2D eigenvalue weighted by Gasteiger charge is 2.51.